The largest absolute Gasteiger partial charge is 0.504 e. The Bertz CT molecular complexity index is 454. The van der Waals surface area contributed by atoms with Crippen molar-refractivity contribution in [1.82, 2.24) is 4.98 Å². The van der Waals surface area contributed by atoms with Crippen molar-refractivity contribution < 1.29 is 9.84 Å². The molecular weight excluding hydrogens is 190 g/mol. The van der Waals surface area contributed by atoms with E-state index in [2.05, 4.69) is 4.98 Å². The molecule has 0 aliphatic carbocycles. The van der Waals surface area contributed by atoms with E-state index in [-0.39, 0.29) is 5.75 Å². The fourth-order valence-electron chi connectivity index (χ4n) is 1.37. The van der Waals surface area contributed by atoms with Gasteiger partial charge in [0.05, 0.1) is 12.8 Å². The molecule has 0 radical (unpaired) electrons. The highest BCUT2D eigenvalue weighted by Gasteiger charge is 2.04. The van der Waals surface area contributed by atoms with Gasteiger partial charge in [-0.2, -0.15) is 0 Å². The molecule has 76 valence electrons. The van der Waals surface area contributed by atoms with E-state index in [0.717, 1.165) is 11.3 Å². The third-order valence-corrected chi connectivity index (χ3v) is 2.14. The number of methoxy groups -OCH3 is 1. The number of pyridine rings is 1. The zero-order valence-electron chi connectivity index (χ0n) is 8.34. The van der Waals surface area contributed by atoms with E-state index in [4.69, 9.17) is 4.74 Å². The average molecular weight is 201 g/mol. The second-order valence-corrected chi connectivity index (χ2v) is 3.10. The maximum absolute atomic E-state index is 9.44. The number of aromatic hydroxyl groups is 1. The molecule has 1 aromatic heterocycles. The number of ether oxygens (including phenoxy) is 1. The molecule has 1 heterocycles. The van der Waals surface area contributed by atoms with Crippen molar-refractivity contribution in [3.8, 4) is 22.8 Å². The van der Waals surface area contributed by atoms with E-state index in [9.17, 15) is 5.11 Å². The minimum atomic E-state index is 0.136. The van der Waals surface area contributed by atoms with E-state index in [1.165, 1.54) is 7.11 Å². The Hall–Kier alpha value is -2.03. The van der Waals surface area contributed by atoms with Gasteiger partial charge in [-0.15, -0.1) is 0 Å². The monoisotopic (exact) mass is 201 g/mol. The lowest BCUT2D eigenvalue weighted by atomic mass is 10.1. The van der Waals surface area contributed by atoms with Gasteiger partial charge in [0.2, 0.25) is 0 Å². The third-order valence-electron chi connectivity index (χ3n) is 2.14. The first kappa shape index (κ1) is 9.52. The Labute approximate surface area is 88.0 Å². The molecule has 0 saturated heterocycles. The van der Waals surface area contributed by atoms with Gasteiger partial charge >= 0.3 is 0 Å². The fraction of sp³-hybridized carbons (Fsp3) is 0.0833. The summed E-state index contributed by atoms with van der Waals surface area (Å²) in [6.07, 6.45) is 1.73. The zero-order valence-corrected chi connectivity index (χ0v) is 8.34. The Balaban J connectivity index is 2.46. The maximum atomic E-state index is 9.44. The van der Waals surface area contributed by atoms with Gasteiger partial charge < -0.3 is 9.84 Å². The molecule has 15 heavy (non-hydrogen) atoms. The fourth-order valence-corrected chi connectivity index (χ4v) is 1.37. The lowest BCUT2D eigenvalue weighted by Crippen LogP contribution is -1.86. The van der Waals surface area contributed by atoms with Crippen molar-refractivity contribution in [2.24, 2.45) is 0 Å². The van der Waals surface area contributed by atoms with Crippen LogP contribution in [0.2, 0.25) is 0 Å². The summed E-state index contributed by atoms with van der Waals surface area (Å²) < 4.78 is 5.03. The summed E-state index contributed by atoms with van der Waals surface area (Å²) in [4.78, 5) is 4.22. The van der Waals surface area contributed by atoms with E-state index in [0.29, 0.717) is 5.75 Å². The molecule has 0 atom stereocenters. The number of rotatable bonds is 2. The van der Waals surface area contributed by atoms with Crippen LogP contribution in [0.25, 0.3) is 11.3 Å². The highest BCUT2D eigenvalue weighted by atomic mass is 16.5. The highest BCUT2D eigenvalue weighted by Crippen LogP contribution is 2.30. The zero-order chi connectivity index (χ0) is 10.7. The van der Waals surface area contributed by atoms with Crippen LogP contribution in [0.1, 0.15) is 0 Å². The Morgan fingerprint density at radius 1 is 1.20 bits per heavy atom. The molecule has 0 saturated carbocycles. The van der Waals surface area contributed by atoms with Gasteiger partial charge in [0.1, 0.15) is 0 Å². The van der Waals surface area contributed by atoms with Crippen LogP contribution in [-0.4, -0.2) is 17.2 Å². The molecule has 2 aromatic rings. The molecule has 0 amide bonds. The molecule has 0 spiro atoms. The summed E-state index contributed by atoms with van der Waals surface area (Å²) in [5.74, 6) is 0.593. The molecule has 0 aliphatic rings. The van der Waals surface area contributed by atoms with Crippen LogP contribution in [0.3, 0.4) is 0 Å². The standard InChI is InChI=1S/C12H11NO2/c1-15-12-8-9(5-6-11(12)14)10-4-2-3-7-13-10/h2-8,14H,1H3. The summed E-state index contributed by atoms with van der Waals surface area (Å²) >= 11 is 0. The van der Waals surface area contributed by atoms with Crippen molar-refractivity contribution in [2.45, 2.75) is 0 Å². The van der Waals surface area contributed by atoms with E-state index >= 15 is 0 Å². The lowest BCUT2D eigenvalue weighted by Gasteiger charge is -2.05. The SMILES string of the molecule is COc1cc(-c2ccccn2)ccc1O. The van der Waals surface area contributed by atoms with Gasteiger partial charge in [0.15, 0.2) is 11.5 Å². The molecular formula is C12H11NO2. The van der Waals surface area contributed by atoms with Crippen molar-refractivity contribution in [2.75, 3.05) is 7.11 Å². The Kier molecular flexibility index (Phi) is 2.54. The van der Waals surface area contributed by atoms with E-state index in [1.807, 2.05) is 18.2 Å². The first-order valence-electron chi connectivity index (χ1n) is 4.59. The topological polar surface area (TPSA) is 42.4 Å². The third kappa shape index (κ3) is 1.91. The van der Waals surface area contributed by atoms with Gasteiger partial charge in [-0.05, 0) is 30.3 Å². The lowest BCUT2D eigenvalue weighted by molar-refractivity contribution is 0.373. The molecule has 0 bridgehead atoms. The maximum Gasteiger partial charge on any atom is 0.161 e. The summed E-state index contributed by atoms with van der Waals surface area (Å²) in [5.41, 5.74) is 1.78. The number of hydrogen-bond acceptors (Lipinski definition) is 3. The van der Waals surface area contributed by atoms with E-state index < -0.39 is 0 Å². The van der Waals surface area contributed by atoms with Gasteiger partial charge in [-0.3, -0.25) is 4.98 Å². The normalized spacial score (nSPS) is 9.93. The molecule has 1 aromatic carbocycles. The summed E-state index contributed by atoms with van der Waals surface area (Å²) in [5, 5.41) is 9.44. The van der Waals surface area contributed by atoms with Gasteiger partial charge in [-0.1, -0.05) is 6.07 Å². The predicted molar refractivity (Wildman–Crippen MR) is 57.9 cm³/mol. The quantitative estimate of drug-likeness (QED) is 0.811. The van der Waals surface area contributed by atoms with Crippen LogP contribution in [-0.2, 0) is 0 Å². The van der Waals surface area contributed by atoms with Crippen LogP contribution in [0.4, 0.5) is 0 Å². The number of benzene rings is 1. The highest BCUT2D eigenvalue weighted by molar-refractivity contribution is 5.63. The van der Waals surface area contributed by atoms with E-state index in [1.54, 1.807) is 24.4 Å². The predicted octanol–water partition coefficient (Wildman–Crippen LogP) is 2.46. The van der Waals surface area contributed by atoms with Crippen molar-refractivity contribution >= 4 is 0 Å². The second-order valence-electron chi connectivity index (χ2n) is 3.10. The van der Waals surface area contributed by atoms with Crippen LogP contribution in [0.15, 0.2) is 42.6 Å². The summed E-state index contributed by atoms with van der Waals surface area (Å²) in [7, 11) is 1.53. The first-order chi connectivity index (χ1) is 7.31. The molecule has 3 nitrogen and oxygen atoms in total. The molecule has 3 heteroatoms. The Morgan fingerprint density at radius 3 is 2.73 bits per heavy atom. The van der Waals surface area contributed by atoms with Crippen molar-refractivity contribution in [3.63, 3.8) is 0 Å². The number of hydrogen-bond donors (Lipinski definition) is 1. The number of aromatic nitrogens is 1. The smallest absolute Gasteiger partial charge is 0.161 e. The van der Waals surface area contributed by atoms with Crippen LogP contribution in [0.5, 0.6) is 11.5 Å². The Morgan fingerprint density at radius 2 is 2.07 bits per heavy atom. The molecule has 0 fully saturated rings. The average Bonchev–Trinajstić information content (AvgIpc) is 2.31. The molecule has 2 rings (SSSR count). The molecule has 1 N–H and O–H groups in total. The van der Waals surface area contributed by atoms with Crippen LogP contribution >= 0.6 is 0 Å². The number of phenolic OH excluding ortho intramolecular Hbond substituents is 1. The summed E-state index contributed by atoms with van der Waals surface area (Å²) in [6.45, 7) is 0. The van der Waals surface area contributed by atoms with Crippen LogP contribution in [0, 0.1) is 0 Å². The molecule has 0 unspecified atom stereocenters. The second kappa shape index (κ2) is 4.00. The number of phenols is 1. The van der Waals surface area contributed by atoms with Gasteiger partial charge in [0, 0.05) is 11.8 Å². The van der Waals surface area contributed by atoms with Crippen molar-refractivity contribution in [1.29, 1.82) is 0 Å². The minimum absolute atomic E-state index is 0.136. The van der Waals surface area contributed by atoms with Crippen LogP contribution < -0.4 is 4.74 Å². The minimum Gasteiger partial charge on any atom is -0.504 e. The first-order valence-corrected chi connectivity index (χ1v) is 4.59. The number of nitrogens with zero attached hydrogens (tertiary/aromatic N) is 1. The van der Waals surface area contributed by atoms with Gasteiger partial charge in [-0.25, -0.2) is 0 Å². The van der Waals surface area contributed by atoms with Gasteiger partial charge in [0.25, 0.3) is 0 Å². The molecule has 0 aliphatic heterocycles. The summed E-state index contributed by atoms with van der Waals surface area (Å²) in [6, 6.07) is 10.9. The van der Waals surface area contributed by atoms with Crippen molar-refractivity contribution in [3.05, 3.63) is 42.6 Å².